The largest absolute Gasteiger partial charge is 0.374 e. The van der Waals surface area contributed by atoms with Gasteiger partial charge in [-0.1, -0.05) is 26.0 Å². The fourth-order valence-electron chi connectivity index (χ4n) is 3.74. The maximum atomic E-state index is 12.6. The van der Waals surface area contributed by atoms with Gasteiger partial charge in [-0.15, -0.1) is 0 Å². The zero-order chi connectivity index (χ0) is 19.4. The van der Waals surface area contributed by atoms with Crippen molar-refractivity contribution in [2.24, 2.45) is 5.92 Å². The average Bonchev–Trinajstić information content (AvgIpc) is 2.91. The Bertz CT molecular complexity index is 839. The van der Waals surface area contributed by atoms with Crippen LogP contribution < -0.4 is 11.0 Å². The molecule has 1 aromatic carbocycles. The third-order valence-corrected chi connectivity index (χ3v) is 4.92. The predicted octanol–water partition coefficient (Wildman–Crippen LogP) is 1.30. The highest BCUT2D eigenvalue weighted by Gasteiger charge is 2.22. The van der Waals surface area contributed by atoms with Crippen molar-refractivity contribution in [1.29, 1.82) is 0 Å². The number of ether oxygens (including phenoxy) is 1. The van der Waals surface area contributed by atoms with Gasteiger partial charge in [-0.2, -0.15) is 0 Å². The van der Waals surface area contributed by atoms with Crippen molar-refractivity contribution in [3.05, 3.63) is 34.7 Å². The molecule has 0 bridgehead atoms. The molecular weight excluding hydrogens is 344 g/mol. The molecule has 1 N–H and O–H groups in total. The van der Waals surface area contributed by atoms with Gasteiger partial charge in [0.05, 0.1) is 23.7 Å². The number of para-hydroxylation sites is 2. The van der Waals surface area contributed by atoms with E-state index < -0.39 is 0 Å². The predicted molar refractivity (Wildman–Crippen MR) is 106 cm³/mol. The molecule has 1 aliphatic heterocycles. The second-order valence-electron chi connectivity index (χ2n) is 7.55. The van der Waals surface area contributed by atoms with Crippen LogP contribution in [-0.2, 0) is 22.6 Å². The number of hydrogen-bond acceptors (Lipinski definition) is 4. The van der Waals surface area contributed by atoms with E-state index in [-0.39, 0.29) is 24.2 Å². The number of aryl methyl sites for hydroxylation is 1. The van der Waals surface area contributed by atoms with Crippen LogP contribution in [0, 0.1) is 5.92 Å². The van der Waals surface area contributed by atoms with Crippen LogP contribution in [0.2, 0.25) is 0 Å². The van der Waals surface area contributed by atoms with E-state index in [1.165, 1.54) is 0 Å². The number of nitrogens with zero attached hydrogens (tertiary/aromatic N) is 3. The Morgan fingerprint density at radius 1 is 1.26 bits per heavy atom. The fraction of sp³-hybridized carbons (Fsp3) is 0.600. The number of imidazole rings is 1. The monoisotopic (exact) mass is 374 g/mol. The van der Waals surface area contributed by atoms with E-state index in [4.69, 9.17) is 4.74 Å². The van der Waals surface area contributed by atoms with Gasteiger partial charge in [0, 0.05) is 32.7 Å². The summed E-state index contributed by atoms with van der Waals surface area (Å²) in [5, 5.41) is 2.93. The summed E-state index contributed by atoms with van der Waals surface area (Å²) >= 11 is 0. The molecule has 148 valence electrons. The topological polar surface area (TPSA) is 68.5 Å². The highest BCUT2D eigenvalue weighted by molar-refractivity contribution is 5.80. The Hall–Kier alpha value is -2.12. The van der Waals surface area contributed by atoms with Crippen molar-refractivity contribution in [3.8, 4) is 0 Å². The molecule has 0 spiro atoms. The molecule has 0 radical (unpaired) electrons. The SMILES string of the molecule is CCn1c(=O)n(CC(=O)NCC2CN(CC(C)C)CCO2)c2ccccc21. The van der Waals surface area contributed by atoms with Gasteiger partial charge < -0.3 is 10.1 Å². The molecule has 7 nitrogen and oxygen atoms in total. The van der Waals surface area contributed by atoms with Crippen molar-refractivity contribution < 1.29 is 9.53 Å². The first-order chi connectivity index (χ1) is 13.0. The summed E-state index contributed by atoms with van der Waals surface area (Å²) in [4.78, 5) is 27.5. The summed E-state index contributed by atoms with van der Waals surface area (Å²) in [6, 6.07) is 7.58. The Labute approximate surface area is 159 Å². The highest BCUT2D eigenvalue weighted by atomic mass is 16.5. The van der Waals surface area contributed by atoms with Gasteiger partial charge in [0.2, 0.25) is 5.91 Å². The number of rotatable bonds is 7. The number of morpholine rings is 1. The number of nitrogens with one attached hydrogen (secondary N) is 1. The molecule has 1 amide bonds. The third-order valence-electron chi connectivity index (χ3n) is 4.92. The number of carbonyl (C=O) groups excluding carboxylic acids is 1. The second-order valence-corrected chi connectivity index (χ2v) is 7.55. The van der Waals surface area contributed by atoms with Crippen LogP contribution in [0.4, 0.5) is 0 Å². The van der Waals surface area contributed by atoms with Crippen LogP contribution in [0.1, 0.15) is 20.8 Å². The molecule has 3 rings (SSSR count). The summed E-state index contributed by atoms with van der Waals surface area (Å²) in [6.07, 6.45) is -0.00449. The summed E-state index contributed by atoms with van der Waals surface area (Å²) in [6.45, 7) is 10.9. The summed E-state index contributed by atoms with van der Waals surface area (Å²) < 4.78 is 9.01. The molecule has 0 saturated carbocycles. The Morgan fingerprint density at radius 2 is 1.96 bits per heavy atom. The Balaban J connectivity index is 1.61. The van der Waals surface area contributed by atoms with E-state index in [2.05, 4.69) is 24.1 Å². The normalized spacial score (nSPS) is 18.3. The van der Waals surface area contributed by atoms with E-state index in [1.807, 2.05) is 31.2 Å². The molecule has 2 heterocycles. The maximum absolute atomic E-state index is 12.6. The maximum Gasteiger partial charge on any atom is 0.329 e. The minimum absolute atomic E-state index is 0.00449. The lowest BCUT2D eigenvalue weighted by atomic mass is 10.2. The molecular formula is C20H30N4O3. The van der Waals surface area contributed by atoms with Gasteiger partial charge in [0.1, 0.15) is 6.54 Å². The second kappa shape index (κ2) is 8.71. The Kier molecular flexibility index (Phi) is 6.34. The quantitative estimate of drug-likeness (QED) is 0.793. The van der Waals surface area contributed by atoms with E-state index in [0.29, 0.717) is 25.6 Å². The number of carbonyl (C=O) groups is 1. The lowest BCUT2D eigenvalue weighted by Crippen LogP contribution is -2.48. The molecule has 1 fully saturated rings. The van der Waals surface area contributed by atoms with Crippen LogP contribution in [0.5, 0.6) is 0 Å². The first kappa shape index (κ1) is 19.6. The molecule has 27 heavy (non-hydrogen) atoms. The van der Waals surface area contributed by atoms with Crippen molar-refractivity contribution >= 4 is 16.9 Å². The molecule has 1 aliphatic rings. The van der Waals surface area contributed by atoms with E-state index in [9.17, 15) is 9.59 Å². The van der Waals surface area contributed by atoms with Gasteiger partial charge in [-0.3, -0.25) is 18.8 Å². The van der Waals surface area contributed by atoms with Crippen LogP contribution >= 0.6 is 0 Å². The number of aromatic nitrogens is 2. The zero-order valence-corrected chi connectivity index (χ0v) is 16.5. The van der Waals surface area contributed by atoms with E-state index >= 15 is 0 Å². The molecule has 1 atom stereocenters. The fourth-order valence-corrected chi connectivity index (χ4v) is 3.74. The van der Waals surface area contributed by atoms with Crippen LogP contribution in [0.3, 0.4) is 0 Å². The lowest BCUT2D eigenvalue weighted by Gasteiger charge is -2.33. The van der Waals surface area contributed by atoms with Crippen molar-refractivity contribution in [1.82, 2.24) is 19.4 Å². The lowest BCUT2D eigenvalue weighted by molar-refractivity contribution is -0.122. The molecule has 2 aromatic rings. The average molecular weight is 374 g/mol. The summed E-state index contributed by atoms with van der Waals surface area (Å²) in [5.41, 5.74) is 1.50. The summed E-state index contributed by atoms with van der Waals surface area (Å²) in [7, 11) is 0. The molecule has 1 unspecified atom stereocenters. The number of fused-ring (bicyclic) bond motifs is 1. The number of benzene rings is 1. The minimum atomic E-state index is -0.166. The van der Waals surface area contributed by atoms with Crippen LogP contribution in [0.25, 0.3) is 11.0 Å². The minimum Gasteiger partial charge on any atom is -0.374 e. The molecule has 0 aliphatic carbocycles. The first-order valence-electron chi connectivity index (χ1n) is 9.78. The van der Waals surface area contributed by atoms with Crippen molar-refractivity contribution in [2.45, 2.75) is 40.0 Å². The van der Waals surface area contributed by atoms with Gasteiger partial charge in [-0.25, -0.2) is 4.79 Å². The van der Waals surface area contributed by atoms with Gasteiger partial charge in [-0.05, 0) is 25.0 Å². The van der Waals surface area contributed by atoms with Crippen molar-refractivity contribution in [3.63, 3.8) is 0 Å². The number of hydrogen-bond donors (Lipinski definition) is 1. The first-order valence-corrected chi connectivity index (χ1v) is 9.78. The van der Waals surface area contributed by atoms with Crippen molar-refractivity contribution in [2.75, 3.05) is 32.8 Å². The zero-order valence-electron chi connectivity index (χ0n) is 16.5. The standard InChI is InChI=1S/C20H30N4O3/c1-4-23-17-7-5-6-8-18(17)24(20(23)26)14-19(25)21-11-16-13-22(9-10-27-16)12-15(2)3/h5-8,15-16H,4,9-14H2,1-3H3,(H,21,25). The third kappa shape index (κ3) is 4.59. The van der Waals surface area contributed by atoms with E-state index in [0.717, 1.165) is 30.7 Å². The molecule has 1 aromatic heterocycles. The van der Waals surface area contributed by atoms with Gasteiger partial charge in [0.15, 0.2) is 0 Å². The highest BCUT2D eigenvalue weighted by Crippen LogP contribution is 2.12. The Morgan fingerprint density at radius 3 is 2.63 bits per heavy atom. The van der Waals surface area contributed by atoms with Gasteiger partial charge in [0.25, 0.3) is 0 Å². The molecule has 7 heteroatoms. The molecule has 1 saturated heterocycles. The number of amides is 1. The van der Waals surface area contributed by atoms with Gasteiger partial charge >= 0.3 is 5.69 Å². The summed E-state index contributed by atoms with van der Waals surface area (Å²) in [5.74, 6) is 0.446. The van der Waals surface area contributed by atoms with E-state index in [1.54, 1.807) is 9.13 Å². The van der Waals surface area contributed by atoms with Crippen LogP contribution in [0.15, 0.2) is 29.1 Å². The smallest absolute Gasteiger partial charge is 0.329 e. The van der Waals surface area contributed by atoms with Crippen LogP contribution in [-0.4, -0.2) is 58.8 Å².